The zero-order valence-electron chi connectivity index (χ0n) is 22.2. The summed E-state index contributed by atoms with van der Waals surface area (Å²) < 4.78 is 32.2. The van der Waals surface area contributed by atoms with Crippen molar-refractivity contribution < 1.29 is 23.1 Å². The molecule has 35 heavy (non-hydrogen) atoms. The summed E-state index contributed by atoms with van der Waals surface area (Å²) in [5.41, 5.74) is 5.92. The van der Waals surface area contributed by atoms with Gasteiger partial charge in [0.1, 0.15) is 10.8 Å². The Morgan fingerprint density at radius 1 is 1.14 bits per heavy atom. The van der Waals surface area contributed by atoms with E-state index in [-0.39, 0.29) is 22.3 Å². The van der Waals surface area contributed by atoms with Crippen molar-refractivity contribution in [1.82, 2.24) is 4.72 Å². The standard InChI is InChI=1S/C27H41NO5S2/c1-8-23-19(3)20(14-15-24(29)27(4,5)6)12-13-21(23)10-9-11-22-16-18(2)26(34-22)35(31,32)28-17-25(30)33-7/h12-13,16,24,28-29H,8-11,14-15,17H2,1-7H3. The summed E-state index contributed by atoms with van der Waals surface area (Å²) in [5.74, 6) is -0.624. The second-order valence-corrected chi connectivity index (χ2v) is 13.3. The number of carbonyl (C=O) groups is 1. The molecule has 1 heterocycles. The van der Waals surface area contributed by atoms with E-state index in [1.54, 1.807) is 6.92 Å². The molecule has 1 aromatic carbocycles. The highest BCUT2D eigenvalue weighted by atomic mass is 32.2. The van der Waals surface area contributed by atoms with E-state index in [0.29, 0.717) is 5.56 Å². The summed E-state index contributed by atoms with van der Waals surface area (Å²) >= 11 is 1.26. The van der Waals surface area contributed by atoms with Gasteiger partial charge >= 0.3 is 5.97 Å². The third-order valence-corrected chi connectivity index (χ3v) is 9.85. The number of hydrogen-bond donors (Lipinski definition) is 2. The van der Waals surface area contributed by atoms with Gasteiger partial charge in [0, 0.05) is 4.88 Å². The highest BCUT2D eigenvalue weighted by molar-refractivity contribution is 7.91. The second-order valence-electron chi connectivity index (χ2n) is 10.2. The molecule has 2 rings (SSSR count). The number of aryl methyl sites for hydroxylation is 4. The van der Waals surface area contributed by atoms with Gasteiger partial charge in [-0.05, 0) is 91.7 Å². The fourth-order valence-electron chi connectivity index (χ4n) is 4.25. The predicted octanol–water partition coefficient (Wildman–Crippen LogP) is 4.89. The van der Waals surface area contributed by atoms with Crippen LogP contribution >= 0.6 is 11.3 Å². The summed E-state index contributed by atoms with van der Waals surface area (Å²) in [6, 6.07) is 6.34. The van der Waals surface area contributed by atoms with Gasteiger partial charge < -0.3 is 9.84 Å². The summed E-state index contributed by atoms with van der Waals surface area (Å²) in [4.78, 5) is 12.3. The molecule has 0 fully saturated rings. The minimum atomic E-state index is -3.74. The Morgan fingerprint density at radius 2 is 1.80 bits per heavy atom. The molecule has 0 saturated carbocycles. The number of aliphatic hydroxyl groups excluding tert-OH is 1. The minimum absolute atomic E-state index is 0.113. The quantitative estimate of drug-likeness (QED) is 0.386. The number of sulfonamides is 1. The van der Waals surface area contributed by atoms with E-state index in [1.165, 1.54) is 40.7 Å². The number of rotatable bonds is 12. The first-order valence-electron chi connectivity index (χ1n) is 12.2. The molecule has 6 nitrogen and oxygen atoms in total. The first-order valence-corrected chi connectivity index (χ1v) is 14.5. The van der Waals surface area contributed by atoms with Crippen LogP contribution in [0.2, 0.25) is 0 Å². The monoisotopic (exact) mass is 523 g/mol. The van der Waals surface area contributed by atoms with Crippen molar-refractivity contribution in [2.75, 3.05) is 13.7 Å². The fraction of sp³-hybridized carbons (Fsp3) is 0.593. The van der Waals surface area contributed by atoms with Gasteiger partial charge in [0.05, 0.1) is 13.2 Å². The summed E-state index contributed by atoms with van der Waals surface area (Å²) in [5, 5.41) is 10.4. The van der Waals surface area contributed by atoms with Crippen molar-refractivity contribution in [3.8, 4) is 0 Å². The Balaban J connectivity index is 2.04. The van der Waals surface area contributed by atoms with Crippen LogP contribution in [0.5, 0.6) is 0 Å². The van der Waals surface area contributed by atoms with Gasteiger partial charge in [-0.15, -0.1) is 11.3 Å². The van der Waals surface area contributed by atoms with Gasteiger partial charge in [-0.25, -0.2) is 8.42 Å². The maximum Gasteiger partial charge on any atom is 0.320 e. The van der Waals surface area contributed by atoms with Crippen molar-refractivity contribution >= 4 is 27.3 Å². The van der Waals surface area contributed by atoms with Crippen LogP contribution in [0.1, 0.15) is 73.2 Å². The van der Waals surface area contributed by atoms with Crippen molar-refractivity contribution in [3.63, 3.8) is 0 Å². The number of thiophene rings is 1. The van der Waals surface area contributed by atoms with Gasteiger partial charge in [0.25, 0.3) is 10.0 Å². The number of esters is 1. The third kappa shape index (κ3) is 8.13. The molecule has 1 aromatic heterocycles. The zero-order chi connectivity index (χ0) is 26.4. The molecule has 8 heteroatoms. The molecule has 0 bridgehead atoms. The van der Waals surface area contributed by atoms with Crippen molar-refractivity contribution in [3.05, 3.63) is 50.9 Å². The topological polar surface area (TPSA) is 92.7 Å². The Morgan fingerprint density at radius 3 is 2.40 bits per heavy atom. The number of carbonyl (C=O) groups excluding carboxylic acids is 1. The SMILES string of the molecule is CCc1c(CCCc2cc(C)c(S(=O)(=O)NCC(=O)OC)s2)ccc(CCC(O)C(C)(C)C)c1C. The van der Waals surface area contributed by atoms with E-state index >= 15 is 0 Å². The highest BCUT2D eigenvalue weighted by Crippen LogP contribution is 2.29. The first-order chi connectivity index (χ1) is 16.3. The molecule has 2 aromatic rings. The fourth-order valence-corrected chi connectivity index (χ4v) is 7.05. The van der Waals surface area contributed by atoms with Gasteiger partial charge in [-0.3, -0.25) is 4.79 Å². The van der Waals surface area contributed by atoms with Crippen LogP contribution in [0, 0.1) is 19.3 Å². The average molecular weight is 524 g/mol. The Bertz CT molecular complexity index is 1110. The summed E-state index contributed by atoms with van der Waals surface area (Å²) in [6.45, 7) is 12.0. The second kappa shape index (κ2) is 12.5. The smallest absolute Gasteiger partial charge is 0.320 e. The normalized spacial score (nSPS) is 13.1. The van der Waals surface area contributed by atoms with E-state index in [1.807, 2.05) is 6.07 Å². The van der Waals surface area contributed by atoms with E-state index in [0.717, 1.165) is 43.4 Å². The molecular formula is C27H41NO5S2. The number of methoxy groups -OCH3 is 1. The largest absolute Gasteiger partial charge is 0.468 e. The van der Waals surface area contributed by atoms with Crippen LogP contribution in [-0.2, 0) is 45.2 Å². The summed E-state index contributed by atoms with van der Waals surface area (Å²) in [6.07, 6.45) is 4.89. The van der Waals surface area contributed by atoms with Crippen LogP contribution in [0.3, 0.4) is 0 Å². The number of nitrogens with one attached hydrogen (secondary N) is 1. The van der Waals surface area contributed by atoms with E-state index in [9.17, 15) is 18.3 Å². The van der Waals surface area contributed by atoms with Crippen LogP contribution in [0.25, 0.3) is 0 Å². The predicted molar refractivity (Wildman–Crippen MR) is 143 cm³/mol. The highest BCUT2D eigenvalue weighted by Gasteiger charge is 2.23. The van der Waals surface area contributed by atoms with Crippen molar-refractivity contribution in [2.45, 2.75) is 90.4 Å². The van der Waals surface area contributed by atoms with Crippen molar-refractivity contribution in [2.24, 2.45) is 5.41 Å². The molecule has 2 N–H and O–H groups in total. The molecule has 0 spiro atoms. The van der Waals surface area contributed by atoms with Crippen LogP contribution in [0.15, 0.2) is 22.4 Å². The number of hydrogen-bond acceptors (Lipinski definition) is 6. The maximum atomic E-state index is 12.6. The van der Waals surface area contributed by atoms with E-state index in [2.05, 4.69) is 56.2 Å². The molecule has 0 aliphatic carbocycles. The molecule has 0 aliphatic heterocycles. The molecule has 0 saturated heterocycles. The Kier molecular flexibility index (Phi) is 10.5. The van der Waals surface area contributed by atoms with Crippen LogP contribution < -0.4 is 4.72 Å². The molecule has 196 valence electrons. The Hall–Kier alpha value is -1.74. The molecular weight excluding hydrogens is 482 g/mol. The lowest BCUT2D eigenvalue weighted by molar-refractivity contribution is -0.139. The number of aliphatic hydroxyl groups is 1. The molecule has 1 unspecified atom stereocenters. The molecule has 0 amide bonds. The first kappa shape index (κ1) is 29.5. The number of benzene rings is 1. The van der Waals surface area contributed by atoms with Crippen LogP contribution in [0.4, 0.5) is 0 Å². The molecule has 0 radical (unpaired) electrons. The van der Waals surface area contributed by atoms with Gasteiger partial charge in [-0.1, -0.05) is 39.8 Å². The lowest BCUT2D eigenvalue weighted by Crippen LogP contribution is -2.30. The van der Waals surface area contributed by atoms with Crippen LogP contribution in [-0.4, -0.2) is 39.3 Å². The van der Waals surface area contributed by atoms with Gasteiger partial charge in [0.2, 0.25) is 0 Å². The Labute approximate surface area is 215 Å². The maximum absolute atomic E-state index is 12.6. The lowest BCUT2D eigenvalue weighted by atomic mass is 9.84. The van der Waals surface area contributed by atoms with Gasteiger partial charge in [-0.2, -0.15) is 4.72 Å². The third-order valence-electron chi connectivity index (χ3n) is 6.52. The summed E-state index contributed by atoms with van der Waals surface area (Å²) in [7, 11) is -2.52. The zero-order valence-corrected chi connectivity index (χ0v) is 23.8. The van der Waals surface area contributed by atoms with E-state index in [4.69, 9.17) is 0 Å². The van der Waals surface area contributed by atoms with Crippen molar-refractivity contribution in [1.29, 1.82) is 0 Å². The average Bonchev–Trinajstić information content (AvgIpc) is 3.17. The van der Waals surface area contributed by atoms with E-state index < -0.39 is 16.0 Å². The lowest BCUT2D eigenvalue weighted by Gasteiger charge is -2.26. The number of ether oxygens (including phenoxy) is 1. The molecule has 1 atom stereocenters. The molecule has 0 aliphatic rings. The minimum Gasteiger partial charge on any atom is -0.468 e. The van der Waals surface area contributed by atoms with Gasteiger partial charge in [0.15, 0.2) is 0 Å².